The van der Waals surface area contributed by atoms with Gasteiger partial charge in [-0.2, -0.15) is 0 Å². The second-order valence-electron chi connectivity index (χ2n) is 2.40. The van der Waals surface area contributed by atoms with Crippen LogP contribution in [-0.2, 0) is 6.54 Å². The topological polar surface area (TPSA) is 35.2 Å². The predicted molar refractivity (Wildman–Crippen MR) is 52.4 cm³/mol. The third-order valence-corrected chi connectivity index (χ3v) is 1.37. The maximum Gasteiger partial charge on any atom is 0.573 e. The number of rotatable bonds is 2. The number of alkyl halides is 3. The highest BCUT2D eigenvalue weighted by Gasteiger charge is 2.30. The lowest BCUT2D eigenvalue weighted by atomic mass is 10.2. The molecule has 1 aromatic rings. The third-order valence-electron chi connectivity index (χ3n) is 1.37. The van der Waals surface area contributed by atoms with Gasteiger partial charge in [0.15, 0.2) is 0 Å². The van der Waals surface area contributed by atoms with Crippen molar-refractivity contribution < 1.29 is 17.9 Å². The first kappa shape index (κ1) is 13.8. The van der Waals surface area contributed by atoms with Gasteiger partial charge in [-0.25, -0.2) is 0 Å². The Kier molecular flexibility index (Phi) is 5.77. The van der Waals surface area contributed by atoms with Crippen molar-refractivity contribution in [2.75, 3.05) is 0 Å². The summed E-state index contributed by atoms with van der Waals surface area (Å²) in [6.45, 7) is 4.19. The van der Waals surface area contributed by atoms with Crippen LogP contribution in [-0.4, -0.2) is 6.36 Å². The molecule has 0 aliphatic heterocycles. The fraction of sp³-hybridized carbons (Fsp3) is 0.400. The highest BCUT2D eigenvalue weighted by atomic mass is 19.4. The van der Waals surface area contributed by atoms with E-state index in [0.29, 0.717) is 5.56 Å². The van der Waals surface area contributed by atoms with Crippen molar-refractivity contribution in [2.45, 2.75) is 26.8 Å². The van der Waals surface area contributed by atoms with Crippen molar-refractivity contribution in [1.82, 2.24) is 0 Å². The summed E-state index contributed by atoms with van der Waals surface area (Å²) in [5, 5.41) is 0. The summed E-state index contributed by atoms with van der Waals surface area (Å²) in [6.07, 6.45) is -4.65. The summed E-state index contributed by atoms with van der Waals surface area (Å²) in [4.78, 5) is 0. The first-order valence-electron chi connectivity index (χ1n) is 4.56. The Labute approximate surface area is 86.8 Å². The zero-order valence-corrected chi connectivity index (χ0v) is 8.64. The Morgan fingerprint density at radius 2 is 1.87 bits per heavy atom. The maximum atomic E-state index is 11.7. The average Bonchev–Trinajstić information content (AvgIpc) is 2.19. The number of benzene rings is 1. The van der Waals surface area contributed by atoms with E-state index in [0.717, 1.165) is 0 Å². The molecule has 2 nitrogen and oxygen atoms in total. The van der Waals surface area contributed by atoms with Crippen molar-refractivity contribution in [3.63, 3.8) is 0 Å². The lowest BCUT2D eigenvalue weighted by molar-refractivity contribution is -0.274. The zero-order chi connectivity index (χ0) is 11.9. The summed E-state index contributed by atoms with van der Waals surface area (Å²) in [7, 11) is 0. The van der Waals surface area contributed by atoms with Gasteiger partial charge in [-0.15, -0.1) is 13.2 Å². The van der Waals surface area contributed by atoms with Gasteiger partial charge >= 0.3 is 6.36 Å². The standard InChI is InChI=1S/C8H8F3NO.C2H6/c9-8(10,11)13-7-3-1-2-6(4-7)5-12;1-2/h1-4H,5,12H2;1-2H3. The third kappa shape index (κ3) is 5.96. The van der Waals surface area contributed by atoms with Crippen molar-refractivity contribution in [1.29, 1.82) is 0 Å². The van der Waals surface area contributed by atoms with Crippen LogP contribution in [0.3, 0.4) is 0 Å². The van der Waals surface area contributed by atoms with Gasteiger partial charge in [0.1, 0.15) is 5.75 Å². The number of halogens is 3. The number of hydrogen-bond acceptors (Lipinski definition) is 2. The van der Waals surface area contributed by atoms with Gasteiger partial charge in [-0.05, 0) is 17.7 Å². The molecule has 5 heteroatoms. The number of nitrogens with two attached hydrogens (primary N) is 1. The van der Waals surface area contributed by atoms with Crippen LogP contribution in [0.25, 0.3) is 0 Å². The molecule has 1 rings (SSSR count). The quantitative estimate of drug-likeness (QED) is 0.832. The molecular formula is C10H14F3NO. The minimum Gasteiger partial charge on any atom is -0.406 e. The Bertz CT molecular complexity index is 286. The van der Waals surface area contributed by atoms with Crippen LogP contribution in [0, 0.1) is 0 Å². The fourth-order valence-electron chi connectivity index (χ4n) is 0.870. The van der Waals surface area contributed by atoms with E-state index in [2.05, 4.69) is 4.74 Å². The van der Waals surface area contributed by atoms with E-state index in [1.54, 1.807) is 6.07 Å². The van der Waals surface area contributed by atoms with Crippen LogP contribution in [0.15, 0.2) is 24.3 Å². The van der Waals surface area contributed by atoms with Gasteiger partial charge in [0.2, 0.25) is 0 Å². The molecule has 0 heterocycles. The minimum absolute atomic E-state index is 0.190. The lowest BCUT2D eigenvalue weighted by Gasteiger charge is -2.09. The van der Waals surface area contributed by atoms with E-state index < -0.39 is 6.36 Å². The molecule has 0 aromatic heterocycles. The molecule has 0 radical (unpaired) electrons. The van der Waals surface area contributed by atoms with E-state index in [4.69, 9.17) is 5.73 Å². The van der Waals surface area contributed by atoms with Gasteiger partial charge < -0.3 is 10.5 Å². The molecule has 0 fully saturated rings. The SMILES string of the molecule is CC.NCc1cccc(OC(F)(F)F)c1. The molecule has 0 spiro atoms. The summed E-state index contributed by atoms with van der Waals surface area (Å²) in [5.41, 5.74) is 5.84. The number of hydrogen-bond donors (Lipinski definition) is 1. The smallest absolute Gasteiger partial charge is 0.406 e. The first-order chi connectivity index (χ1) is 7.01. The van der Waals surface area contributed by atoms with E-state index in [-0.39, 0.29) is 12.3 Å². The van der Waals surface area contributed by atoms with Crippen LogP contribution < -0.4 is 10.5 Å². The second kappa shape index (κ2) is 6.29. The second-order valence-corrected chi connectivity index (χ2v) is 2.40. The first-order valence-corrected chi connectivity index (χ1v) is 4.56. The molecule has 0 saturated heterocycles. The lowest BCUT2D eigenvalue weighted by Crippen LogP contribution is -2.17. The molecule has 15 heavy (non-hydrogen) atoms. The molecule has 0 aliphatic carbocycles. The van der Waals surface area contributed by atoms with Crippen molar-refractivity contribution in [3.05, 3.63) is 29.8 Å². The maximum absolute atomic E-state index is 11.7. The largest absolute Gasteiger partial charge is 0.573 e. The molecule has 0 saturated carbocycles. The normalized spacial score (nSPS) is 10.3. The van der Waals surface area contributed by atoms with E-state index in [1.807, 2.05) is 13.8 Å². The van der Waals surface area contributed by atoms with E-state index in [9.17, 15) is 13.2 Å². The Morgan fingerprint density at radius 1 is 1.27 bits per heavy atom. The summed E-state index contributed by atoms with van der Waals surface area (Å²) in [6, 6.07) is 5.58. The van der Waals surface area contributed by atoms with E-state index in [1.165, 1.54) is 18.2 Å². The van der Waals surface area contributed by atoms with Crippen molar-refractivity contribution in [2.24, 2.45) is 5.73 Å². The van der Waals surface area contributed by atoms with Crippen LogP contribution in [0.4, 0.5) is 13.2 Å². The van der Waals surface area contributed by atoms with Gasteiger partial charge in [-0.1, -0.05) is 26.0 Å². The molecule has 0 atom stereocenters. The van der Waals surface area contributed by atoms with Crippen LogP contribution >= 0.6 is 0 Å². The molecule has 0 aliphatic rings. The molecule has 86 valence electrons. The highest BCUT2D eigenvalue weighted by Crippen LogP contribution is 2.22. The molecule has 2 N–H and O–H groups in total. The van der Waals surface area contributed by atoms with Crippen molar-refractivity contribution in [3.8, 4) is 5.75 Å². The molecule has 0 unspecified atom stereocenters. The Hall–Kier alpha value is -1.23. The van der Waals surface area contributed by atoms with E-state index >= 15 is 0 Å². The molecule has 0 amide bonds. The zero-order valence-electron chi connectivity index (χ0n) is 8.64. The monoisotopic (exact) mass is 221 g/mol. The minimum atomic E-state index is -4.65. The Balaban J connectivity index is 0.000000921. The molecular weight excluding hydrogens is 207 g/mol. The predicted octanol–water partition coefficient (Wildman–Crippen LogP) is 3.07. The summed E-state index contributed by atoms with van der Waals surface area (Å²) < 4.78 is 38.9. The summed E-state index contributed by atoms with van der Waals surface area (Å²) in [5.74, 6) is -0.240. The van der Waals surface area contributed by atoms with Gasteiger partial charge in [0, 0.05) is 6.54 Å². The molecule has 0 bridgehead atoms. The van der Waals surface area contributed by atoms with Gasteiger partial charge in [-0.3, -0.25) is 0 Å². The average molecular weight is 221 g/mol. The fourth-order valence-corrected chi connectivity index (χ4v) is 0.870. The van der Waals surface area contributed by atoms with Crippen LogP contribution in [0.1, 0.15) is 19.4 Å². The van der Waals surface area contributed by atoms with Gasteiger partial charge in [0.05, 0.1) is 0 Å². The van der Waals surface area contributed by atoms with Crippen molar-refractivity contribution >= 4 is 0 Å². The van der Waals surface area contributed by atoms with Crippen LogP contribution in [0.5, 0.6) is 5.75 Å². The molecule has 1 aromatic carbocycles. The Morgan fingerprint density at radius 3 is 2.33 bits per heavy atom. The highest BCUT2D eigenvalue weighted by molar-refractivity contribution is 5.28. The number of ether oxygens (including phenoxy) is 1. The van der Waals surface area contributed by atoms with Crippen LogP contribution in [0.2, 0.25) is 0 Å². The van der Waals surface area contributed by atoms with Gasteiger partial charge in [0.25, 0.3) is 0 Å². The summed E-state index contributed by atoms with van der Waals surface area (Å²) >= 11 is 0.